The molecule has 178 valence electrons. The monoisotopic (exact) mass is 467 g/mol. The van der Waals surface area contributed by atoms with E-state index >= 15 is 4.39 Å². The van der Waals surface area contributed by atoms with E-state index in [1.165, 1.54) is 11.1 Å². The maximum absolute atomic E-state index is 15.5. The van der Waals surface area contributed by atoms with E-state index in [4.69, 9.17) is 15.2 Å². The van der Waals surface area contributed by atoms with Crippen molar-refractivity contribution in [1.82, 2.24) is 9.97 Å². The molecule has 4 heterocycles. The Morgan fingerprint density at radius 3 is 2.82 bits per heavy atom. The summed E-state index contributed by atoms with van der Waals surface area (Å²) in [5, 5.41) is 14.2. The number of hydrogen-bond donors (Lipinski definition) is 3. The molecule has 2 aliphatic rings. The van der Waals surface area contributed by atoms with Gasteiger partial charge >= 0.3 is 6.09 Å². The molecule has 1 fully saturated rings. The van der Waals surface area contributed by atoms with Crippen LogP contribution in [-0.4, -0.2) is 53.6 Å². The van der Waals surface area contributed by atoms with E-state index in [1.54, 1.807) is 18.3 Å². The topological polar surface area (TPSA) is 123 Å². The summed E-state index contributed by atoms with van der Waals surface area (Å²) >= 11 is 0. The van der Waals surface area contributed by atoms with Crippen molar-refractivity contribution in [2.24, 2.45) is 5.92 Å². The van der Waals surface area contributed by atoms with Gasteiger partial charge in [0.25, 0.3) is 0 Å². The molecule has 1 aromatic carbocycles. The Morgan fingerprint density at radius 1 is 1.29 bits per heavy atom. The lowest BCUT2D eigenvalue weighted by atomic mass is 9.95. The molecule has 0 aliphatic carbocycles. The summed E-state index contributed by atoms with van der Waals surface area (Å²) < 4.78 is 26.6. The SMILES string of the molecule is CCc1c(-c2cc3cc(N(C(=O)O)[C@@H]4COC[C@H]4C)ncc3c(N)c2F)cnc2c1NCCO2. The Labute approximate surface area is 195 Å². The largest absolute Gasteiger partial charge is 0.474 e. The van der Waals surface area contributed by atoms with Crippen molar-refractivity contribution in [3.8, 4) is 17.0 Å². The number of benzene rings is 1. The number of ether oxygens (including phenoxy) is 2. The molecule has 10 heteroatoms. The fraction of sp³-hybridized carbons (Fsp3) is 0.375. The zero-order chi connectivity index (χ0) is 24.0. The fourth-order valence-electron chi connectivity index (χ4n) is 4.75. The third kappa shape index (κ3) is 3.54. The second kappa shape index (κ2) is 8.60. The van der Waals surface area contributed by atoms with E-state index in [9.17, 15) is 9.90 Å². The van der Waals surface area contributed by atoms with E-state index < -0.39 is 11.9 Å². The summed E-state index contributed by atoms with van der Waals surface area (Å²) in [6.07, 6.45) is 2.52. The normalized spacial score (nSPS) is 19.4. The van der Waals surface area contributed by atoms with Gasteiger partial charge in [0.1, 0.15) is 18.1 Å². The molecule has 4 N–H and O–H groups in total. The third-order valence-corrected chi connectivity index (χ3v) is 6.53. The number of nitrogens with two attached hydrogens (primary N) is 1. The fourth-order valence-corrected chi connectivity index (χ4v) is 4.75. The van der Waals surface area contributed by atoms with Crippen molar-refractivity contribution in [1.29, 1.82) is 0 Å². The zero-order valence-corrected chi connectivity index (χ0v) is 19.0. The minimum absolute atomic E-state index is 0.0193. The van der Waals surface area contributed by atoms with Crippen LogP contribution in [0.3, 0.4) is 0 Å². The van der Waals surface area contributed by atoms with Crippen molar-refractivity contribution in [3.05, 3.63) is 35.9 Å². The molecule has 3 aromatic rings. The Hall–Kier alpha value is -3.66. The molecule has 1 saturated heterocycles. The van der Waals surface area contributed by atoms with Gasteiger partial charge in [0, 0.05) is 41.4 Å². The number of carbonyl (C=O) groups is 1. The van der Waals surface area contributed by atoms with Crippen molar-refractivity contribution in [2.75, 3.05) is 42.3 Å². The molecule has 2 aliphatic heterocycles. The van der Waals surface area contributed by atoms with E-state index in [0.29, 0.717) is 60.6 Å². The molecule has 0 radical (unpaired) electrons. The second-order valence-corrected chi connectivity index (χ2v) is 8.61. The van der Waals surface area contributed by atoms with Gasteiger partial charge in [0.15, 0.2) is 5.82 Å². The number of amides is 1. The van der Waals surface area contributed by atoms with Crippen LogP contribution in [0.4, 0.5) is 26.4 Å². The van der Waals surface area contributed by atoms with Gasteiger partial charge in [-0.15, -0.1) is 0 Å². The molecule has 2 atom stereocenters. The molecule has 0 spiro atoms. The summed E-state index contributed by atoms with van der Waals surface area (Å²) in [4.78, 5) is 22.0. The average Bonchev–Trinajstić information content (AvgIpc) is 3.25. The lowest BCUT2D eigenvalue weighted by Crippen LogP contribution is -2.43. The third-order valence-electron chi connectivity index (χ3n) is 6.53. The smallest absolute Gasteiger partial charge is 0.413 e. The van der Waals surface area contributed by atoms with Crippen LogP contribution in [0.25, 0.3) is 21.9 Å². The van der Waals surface area contributed by atoms with Gasteiger partial charge in [0.2, 0.25) is 5.88 Å². The summed E-state index contributed by atoms with van der Waals surface area (Å²) in [5.74, 6) is 0.195. The molecule has 0 unspecified atom stereocenters. The highest BCUT2D eigenvalue weighted by molar-refractivity contribution is 6.00. The van der Waals surface area contributed by atoms with Crippen molar-refractivity contribution >= 4 is 34.1 Å². The standard InChI is InChI=1S/C24H26FN5O4/c1-3-14-17(9-29-23-22(14)27-4-5-34-23)15-6-13-7-19(28-8-16(13)21(26)20(15)25)30(24(31)32)18-11-33-10-12(18)2/h6-9,12,18,27H,3-5,10-11,26H2,1-2H3,(H,31,32)/t12-,18-/m1/s1. The van der Waals surface area contributed by atoms with Crippen LogP contribution in [0, 0.1) is 11.7 Å². The first-order chi connectivity index (χ1) is 16.4. The quantitative estimate of drug-likeness (QED) is 0.494. The van der Waals surface area contributed by atoms with Gasteiger partial charge < -0.3 is 25.6 Å². The maximum atomic E-state index is 15.5. The summed E-state index contributed by atoms with van der Waals surface area (Å²) in [5.41, 5.74) is 8.68. The number of nitrogens with one attached hydrogen (secondary N) is 1. The Morgan fingerprint density at radius 2 is 2.12 bits per heavy atom. The van der Waals surface area contributed by atoms with Gasteiger partial charge in [-0.1, -0.05) is 13.8 Å². The predicted molar refractivity (Wildman–Crippen MR) is 127 cm³/mol. The lowest BCUT2D eigenvalue weighted by molar-refractivity contribution is 0.181. The van der Waals surface area contributed by atoms with E-state index in [2.05, 4.69) is 15.3 Å². The highest BCUT2D eigenvalue weighted by Crippen LogP contribution is 2.40. The van der Waals surface area contributed by atoms with Crippen molar-refractivity contribution < 1.29 is 23.8 Å². The van der Waals surface area contributed by atoms with Crippen LogP contribution in [-0.2, 0) is 11.2 Å². The summed E-state index contributed by atoms with van der Waals surface area (Å²) in [6.45, 7) is 5.84. The molecule has 9 nitrogen and oxygen atoms in total. The van der Waals surface area contributed by atoms with Crippen LogP contribution >= 0.6 is 0 Å². The summed E-state index contributed by atoms with van der Waals surface area (Å²) in [6, 6.07) is 2.95. The summed E-state index contributed by atoms with van der Waals surface area (Å²) in [7, 11) is 0. The van der Waals surface area contributed by atoms with Gasteiger partial charge in [-0.2, -0.15) is 0 Å². The number of anilines is 3. The number of fused-ring (bicyclic) bond motifs is 2. The minimum Gasteiger partial charge on any atom is -0.474 e. The molecule has 0 saturated carbocycles. The number of hydrogen-bond acceptors (Lipinski definition) is 7. The average molecular weight is 468 g/mol. The molecule has 2 aromatic heterocycles. The molecule has 5 rings (SSSR count). The van der Waals surface area contributed by atoms with Gasteiger partial charge in [-0.25, -0.2) is 19.2 Å². The van der Waals surface area contributed by atoms with Gasteiger partial charge in [0.05, 0.1) is 24.9 Å². The Balaban J connectivity index is 1.66. The minimum atomic E-state index is -1.12. The highest BCUT2D eigenvalue weighted by atomic mass is 19.1. The number of aromatic nitrogens is 2. The van der Waals surface area contributed by atoms with E-state index in [-0.39, 0.29) is 23.5 Å². The van der Waals surface area contributed by atoms with Gasteiger partial charge in [-0.3, -0.25) is 4.90 Å². The first kappa shape index (κ1) is 22.1. The first-order valence-electron chi connectivity index (χ1n) is 11.3. The number of nitrogens with zero attached hydrogens (tertiary/aromatic N) is 3. The number of rotatable bonds is 4. The van der Waals surface area contributed by atoms with Crippen LogP contribution < -0.4 is 20.7 Å². The molecule has 34 heavy (non-hydrogen) atoms. The Bertz CT molecular complexity index is 1280. The van der Waals surface area contributed by atoms with Crippen molar-refractivity contribution in [3.63, 3.8) is 0 Å². The molecular weight excluding hydrogens is 441 g/mol. The maximum Gasteiger partial charge on any atom is 0.413 e. The van der Waals surface area contributed by atoms with E-state index in [0.717, 1.165) is 11.3 Å². The number of pyridine rings is 2. The predicted octanol–water partition coefficient (Wildman–Crippen LogP) is 3.90. The molecular formula is C24H26FN5O4. The zero-order valence-electron chi connectivity index (χ0n) is 19.0. The highest BCUT2D eigenvalue weighted by Gasteiger charge is 2.35. The van der Waals surface area contributed by atoms with Crippen LogP contribution in [0.2, 0.25) is 0 Å². The number of carboxylic acid groups (broad SMARTS) is 1. The Kier molecular flexibility index (Phi) is 5.60. The second-order valence-electron chi connectivity index (χ2n) is 8.61. The lowest BCUT2D eigenvalue weighted by Gasteiger charge is -2.27. The van der Waals surface area contributed by atoms with Crippen LogP contribution in [0.5, 0.6) is 5.88 Å². The molecule has 0 bridgehead atoms. The van der Waals surface area contributed by atoms with Crippen LogP contribution in [0.15, 0.2) is 24.5 Å². The van der Waals surface area contributed by atoms with E-state index in [1.807, 2.05) is 13.8 Å². The van der Waals surface area contributed by atoms with Gasteiger partial charge in [-0.05, 0) is 29.5 Å². The number of nitrogen functional groups attached to an aromatic ring is 1. The number of halogens is 1. The first-order valence-corrected chi connectivity index (χ1v) is 11.3. The van der Waals surface area contributed by atoms with Crippen molar-refractivity contribution in [2.45, 2.75) is 26.3 Å². The molecule has 1 amide bonds. The van der Waals surface area contributed by atoms with Crippen LogP contribution in [0.1, 0.15) is 19.4 Å².